The van der Waals surface area contributed by atoms with Crippen LogP contribution in [0.1, 0.15) is 20.3 Å². The summed E-state index contributed by atoms with van der Waals surface area (Å²) in [6.07, 6.45) is 0.992. The van der Waals surface area contributed by atoms with Gasteiger partial charge < -0.3 is 9.63 Å². The first-order valence-electron chi connectivity index (χ1n) is 4.02. The van der Waals surface area contributed by atoms with Gasteiger partial charge in [-0.05, 0) is 5.92 Å². The van der Waals surface area contributed by atoms with Crippen LogP contribution < -0.4 is 0 Å². The van der Waals surface area contributed by atoms with E-state index in [2.05, 4.69) is 11.3 Å². The van der Waals surface area contributed by atoms with Crippen molar-refractivity contribution in [3.8, 4) is 0 Å². The lowest BCUT2D eigenvalue weighted by atomic mass is 10.1. The van der Waals surface area contributed by atoms with Crippen molar-refractivity contribution in [1.29, 1.82) is 0 Å². The average Bonchev–Trinajstić information content (AvgIpc) is 1.99. The van der Waals surface area contributed by atoms with Crippen LogP contribution in [0, 0.1) is 5.92 Å². The van der Waals surface area contributed by atoms with E-state index in [4.69, 9.17) is 4.89 Å². The Bertz CT molecular complexity index is 212. The van der Waals surface area contributed by atoms with Crippen LogP contribution in [0.15, 0.2) is 12.8 Å². The molecule has 0 radical (unpaired) electrons. The molecule has 0 aliphatic carbocycles. The zero-order chi connectivity index (χ0) is 10.4. The van der Waals surface area contributed by atoms with Crippen LogP contribution in [-0.2, 0) is 14.1 Å². The van der Waals surface area contributed by atoms with E-state index < -0.39 is 19.7 Å². The maximum Gasteiger partial charge on any atom is 0.311 e. The predicted molar refractivity (Wildman–Crippen MR) is 50.8 cm³/mol. The van der Waals surface area contributed by atoms with Crippen LogP contribution >= 0.6 is 8.03 Å². The Morgan fingerprint density at radius 3 is 2.54 bits per heavy atom. The maximum absolute atomic E-state index is 10.9. The first-order valence-corrected chi connectivity index (χ1v) is 5.45. The molecule has 0 aromatic heterocycles. The molecule has 0 saturated heterocycles. The largest absolute Gasteiger partial charge is 0.435 e. The smallest absolute Gasteiger partial charge is 0.311 e. The van der Waals surface area contributed by atoms with Crippen molar-refractivity contribution in [3.63, 3.8) is 0 Å². The van der Waals surface area contributed by atoms with Crippen molar-refractivity contribution in [2.24, 2.45) is 5.92 Å². The van der Waals surface area contributed by atoms with Crippen molar-refractivity contribution in [3.05, 3.63) is 12.8 Å². The number of hydrogen-bond donors (Lipinski definition) is 1. The molecule has 0 fully saturated rings. The summed E-state index contributed by atoms with van der Waals surface area (Å²) >= 11 is 0. The second kappa shape index (κ2) is 5.95. The molecule has 4 nitrogen and oxygen atoms in total. The van der Waals surface area contributed by atoms with Crippen LogP contribution in [0.4, 0.5) is 0 Å². The molecule has 5 heteroatoms. The molecule has 0 aromatic rings. The Kier molecular flexibility index (Phi) is 5.67. The molecule has 0 aliphatic rings. The van der Waals surface area contributed by atoms with E-state index in [0.29, 0.717) is 0 Å². The van der Waals surface area contributed by atoms with Gasteiger partial charge in [0, 0.05) is 5.66 Å². The average molecular weight is 206 g/mol. The third-order valence-electron chi connectivity index (χ3n) is 1.72. The summed E-state index contributed by atoms with van der Waals surface area (Å²) in [4.78, 5) is 19.8. The van der Waals surface area contributed by atoms with Crippen molar-refractivity contribution in [1.82, 2.24) is 0 Å². The van der Waals surface area contributed by atoms with Gasteiger partial charge >= 0.3 is 5.97 Å². The van der Waals surface area contributed by atoms with Gasteiger partial charge in [-0.25, -0.2) is 0 Å². The summed E-state index contributed by atoms with van der Waals surface area (Å²) in [7, 11) is -2.67. The third kappa shape index (κ3) is 4.86. The molecule has 13 heavy (non-hydrogen) atoms. The van der Waals surface area contributed by atoms with E-state index in [0.717, 1.165) is 6.26 Å². The van der Waals surface area contributed by atoms with Crippen molar-refractivity contribution in [2.45, 2.75) is 25.9 Å². The number of rotatable bonds is 5. The summed E-state index contributed by atoms with van der Waals surface area (Å²) in [5.74, 6) is -0.519. The number of ether oxygens (including phenoxy) is 1. The topological polar surface area (TPSA) is 63.6 Å². The molecular weight excluding hydrogens is 191 g/mol. The SMILES string of the molecule is C=COC(=O)CC(C(C)C)[PH](=O)O. The Morgan fingerprint density at radius 1 is 1.69 bits per heavy atom. The summed E-state index contributed by atoms with van der Waals surface area (Å²) in [5, 5.41) is 0. The minimum atomic E-state index is -2.67. The molecule has 0 aromatic carbocycles. The van der Waals surface area contributed by atoms with Crippen LogP contribution in [0.25, 0.3) is 0 Å². The van der Waals surface area contributed by atoms with Gasteiger partial charge in [-0.2, -0.15) is 0 Å². The minimum absolute atomic E-state index is 0.00578. The molecule has 0 bridgehead atoms. The number of carbonyl (C=O) groups excluding carboxylic acids is 1. The molecule has 2 unspecified atom stereocenters. The number of esters is 1. The van der Waals surface area contributed by atoms with Gasteiger partial charge in [0.2, 0.25) is 0 Å². The molecule has 0 heterocycles. The molecule has 0 amide bonds. The standard InChI is InChI=1S/C8H15O4P/c1-4-12-8(9)5-7(6(2)3)13(10)11/h4,6-7,13H,1,5H2,2-3H3,(H,10,11). The van der Waals surface area contributed by atoms with Gasteiger partial charge in [0.05, 0.1) is 12.7 Å². The molecule has 0 saturated carbocycles. The summed E-state index contributed by atoms with van der Waals surface area (Å²) in [5.41, 5.74) is -0.502. The highest BCUT2D eigenvalue weighted by atomic mass is 31.1. The Balaban J connectivity index is 4.18. The third-order valence-corrected chi connectivity index (χ3v) is 3.23. The molecule has 0 rings (SSSR count). The van der Waals surface area contributed by atoms with E-state index in [1.54, 1.807) is 13.8 Å². The molecule has 1 N–H and O–H groups in total. The highest BCUT2D eigenvalue weighted by molar-refractivity contribution is 7.39. The lowest BCUT2D eigenvalue weighted by Gasteiger charge is -2.15. The number of carbonyl (C=O) groups is 1. The van der Waals surface area contributed by atoms with Crippen molar-refractivity contribution >= 4 is 14.0 Å². The van der Waals surface area contributed by atoms with Crippen LogP contribution in [0.5, 0.6) is 0 Å². The first-order chi connectivity index (χ1) is 5.99. The second-order valence-corrected chi connectivity index (χ2v) is 4.47. The molecule has 2 atom stereocenters. The predicted octanol–water partition coefficient (Wildman–Crippen LogP) is 1.55. The molecule has 0 spiro atoms. The fourth-order valence-electron chi connectivity index (χ4n) is 0.929. The first kappa shape index (κ1) is 12.4. The van der Waals surface area contributed by atoms with Gasteiger partial charge in [0.1, 0.15) is 0 Å². The lowest BCUT2D eigenvalue weighted by molar-refractivity contribution is -0.138. The van der Waals surface area contributed by atoms with E-state index in [-0.39, 0.29) is 12.3 Å². The Morgan fingerprint density at radius 2 is 2.23 bits per heavy atom. The van der Waals surface area contributed by atoms with Gasteiger partial charge in [-0.1, -0.05) is 20.4 Å². The van der Waals surface area contributed by atoms with Crippen molar-refractivity contribution < 1.29 is 19.0 Å². The van der Waals surface area contributed by atoms with Crippen molar-refractivity contribution in [2.75, 3.05) is 0 Å². The second-order valence-electron chi connectivity index (χ2n) is 3.05. The lowest BCUT2D eigenvalue weighted by Crippen LogP contribution is -2.17. The number of hydrogen-bond acceptors (Lipinski definition) is 3. The van der Waals surface area contributed by atoms with E-state index in [1.807, 2.05) is 0 Å². The summed E-state index contributed by atoms with van der Waals surface area (Å²) < 4.78 is 15.3. The molecular formula is C8H15O4P. The van der Waals surface area contributed by atoms with E-state index in [9.17, 15) is 9.36 Å². The highest BCUT2D eigenvalue weighted by Crippen LogP contribution is 2.31. The zero-order valence-corrected chi connectivity index (χ0v) is 8.82. The zero-order valence-electron chi connectivity index (χ0n) is 7.82. The van der Waals surface area contributed by atoms with E-state index in [1.165, 1.54) is 0 Å². The summed E-state index contributed by atoms with van der Waals surface area (Å²) in [6, 6.07) is 0. The van der Waals surface area contributed by atoms with Gasteiger partial charge in [0.25, 0.3) is 0 Å². The minimum Gasteiger partial charge on any atom is -0.435 e. The van der Waals surface area contributed by atoms with Crippen LogP contribution in [-0.4, -0.2) is 16.5 Å². The quantitative estimate of drug-likeness (QED) is 0.421. The molecule has 76 valence electrons. The Hall–Kier alpha value is -0.600. The van der Waals surface area contributed by atoms with Crippen LogP contribution in [0.3, 0.4) is 0 Å². The fourth-order valence-corrected chi connectivity index (χ4v) is 1.84. The van der Waals surface area contributed by atoms with E-state index >= 15 is 0 Å². The van der Waals surface area contributed by atoms with Gasteiger partial charge in [0.15, 0.2) is 8.03 Å². The van der Waals surface area contributed by atoms with Gasteiger partial charge in [-0.15, -0.1) is 0 Å². The maximum atomic E-state index is 10.9. The molecule has 0 aliphatic heterocycles. The van der Waals surface area contributed by atoms with Gasteiger partial charge in [-0.3, -0.25) is 9.36 Å². The van der Waals surface area contributed by atoms with Crippen LogP contribution in [0.2, 0.25) is 0 Å². The Labute approximate surface area is 78.5 Å². The highest BCUT2D eigenvalue weighted by Gasteiger charge is 2.22. The monoisotopic (exact) mass is 206 g/mol. The summed E-state index contributed by atoms with van der Waals surface area (Å²) in [6.45, 7) is 6.81. The normalized spacial score (nSPS) is 15.1. The fraction of sp³-hybridized carbons (Fsp3) is 0.625.